The van der Waals surface area contributed by atoms with Crippen molar-refractivity contribution in [1.82, 2.24) is 0 Å². The lowest BCUT2D eigenvalue weighted by Crippen LogP contribution is -1.94. The maximum absolute atomic E-state index is 10.3. The summed E-state index contributed by atoms with van der Waals surface area (Å²) < 4.78 is 11.9. The van der Waals surface area contributed by atoms with Crippen molar-refractivity contribution in [2.24, 2.45) is 0 Å². The Labute approximate surface area is 146 Å². The molecule has 3 nitrogen and oxygen atoms in total. The number of phenols is 1. The summed E-state index contributed by atoms with van der Waals surface area (Å²) >= 11 is 0. The average molecular weight is 330 g/mol. The van der Waals surface area contributed by atoms with E-state index in [1.54, 1.807) is 6.07 Å². The van der Waals surface area contributed by atoms with Crippen molar-refractivity contribution in [3.05, 3.63) is 72.8 Å². The Morgan fingerprint density at radius 1 is 0.720 bits per heavy atom. The molecule has 25 heavy (non-hydrogen) atoms. The third kappa shape index (κ3) is 2.74. The highest BCUT2D eigenvalue weighted by Gasteiger charge is 2.11. The molecule has 0 radical (unpaired) electrons. The molecular formula is C22H18O3. The van der Waals surface area contributed by atoms with Gasteiger partial charge in [0.1, 0.15) is 23.0 Å². The Kier molecular flexibility index (Phi) is 3.90. The van der Waals surface area contributed by atoms with Crippen LogP contribution in [0.15, 0.2) is 72.8 Å². The van der Waals surface area contributed by atoms with E-state index < -0.39 is 0 Å². The molecule has 124 valence electrons. The second-order valence-electron chi connectivity index (χ2n) is 5.77. The number of hydrogen-bond donors (Lipinski definition) is 1. The highest BCUT2D eigenvalue weighted by Crippen LogP contribution is 2.39. The van der Waals surface area contributed by atoms with Gasteiger partial charge in [0.2, 0.25) is 0 Å². The summed E-state index contributed by atoms with van der Waals surface area (Å²) in [6, 6.07) is 23.0. The Morgan fingerprint density at radius 2 is 1.40 bits per heavy atom. The van der Waals surface area contributed by atoms with E-state index in [9.17, 15) is 5.11 Å². The highest BCUT2D eigenvalue weighted by molar-refractivity contribution is 5.96. The van der Waals surface area contributed by atoms with E-state index in [4.69, 9.17) is 9.47 Å². The summed E-state index contributed by atoms with van der Waals surface area (Å²) in [5, 5.41) is 13.9. The van der Waals surface area contributed by atoms with Gasteiger partial charge in [-0.1, -0.05) is 48.5 Å². The minimum Gasteiger partial charge on any atom is -0.507 e. The van der Waals surface area contributed by atoms with Crippen LogP contribution >= 0.6 is 0 Å². The highest BCUT2D eigenvalue weighted by atomic mass is 16.5. The molecular weight excluding hydrogens is 312 g/mol. The first-order valence-corrected chi connectivity index (χ1v) is 8.31. The molecule has 0 bridgehead atoms. The SMILES string of the molecule is CCOc1ccc(Oc2cccc3cccc(O)c23)c2ccccc12. The predicted molar refractivity (Wildman–Crippen MR) is 101 cm³/mol. The maximum Gasteiger partial charge on any atom is 0.139 e. The fourth-order valence-corrected chi connectivity index (χ4v) is 3.11. The molecule has 0 spiro atoms. The summed E-state index contributed by atoms with van der Waals surface area (Å²) in [5.41, 5.74) is 0. The molecule has 0 heterocycles. The zero-order valence-corrected chi connectivity index (χ0v) is 13.9. The van der Waals surface area contributed by atoms with E-state index in [1.807, 2.05) is 73.7 Å². The molecule has 0 aliphatic heterocycles. The van der Waals surface area contributed by atoms with Gasteiger partial charge in [0.05, 0.1) is 12.0 Å². The van der Waals surface area contributed by atoms with Crippen molar-refractivity contribution in [2.75, 3.05) is 6.61 Å². The smallest absolute Gasteiger partial charge is 0.139 e. The molecule has 0 unspecified atom stereocenters. The minimum atomic E-state index is 0.211. The molecule has 1 N–H and O–H groups in total. The van der Waals surface area contributed by atoms with Gasteiger partial charge in [-0.25, -0.2) is 0 Å². The van der Waals surface area contributed by atoms with Gasteiger partial charge in [-0.15, -0.1) is 0 Å². The second-order valence-corrected chi connectivity index (χ2v) is 5.77. The van der Waals surface area contributed by atoms with Crippen LogP contribution in [0, 0.1) is 0 Å². The summed E-state index contributed by atoms with van der Waals surface area (Å²) in [5.74, 6) is 2.41. The lowest BCUT2D eigenvalue weighted by molar-refractivity contribution is 0.344. The molecule has 0 saturated carbocycles. The summed E-state index contributed by atoms with van der Waals surface area (Å²) in [7, 11) is 0. The predicted octanol–water partition coefficient (Wildman–Crippen LogP) is 5.89. The number of benzene rings is 4. The van der Waals surface area contributed by atoms with Gasteiger partial charge in [-0.3, -0.25) is 0 Å². The average Bonchev–Trinajstić information content (AvgIpc) is 2.64. The van der Waals surface area contributed by atoms with Crippen LogP contribution < -0.4 is 9.47 Å². The third-order valence-corrected chi connectivity index (χ3v) is 4.21. The van der Waals surface area contributed by atoms with Crippen LogP contribution in [0.2, 0.25) is 0 Å². The van der Waals surface area contributed by atoms with E-state index in [0.29, 0.717) is 17.7 Å². The van der Waals surface area contributed by atoms with Crippen molar-refractivity contribution >= 4 is 21.5 Å². The first kappa shape index (κ1) is 15.3. The second kappa shape index (κ2) is 6.36. The molecule has 0 atom stereocenters. The summed E-state index contributed by atoms with van der Waals surface area (Å²) in [6.07, 6.45) is 0. The van der Waals surface area contributed by atoms with Gasteiger partial charge in [0, 0.05) is 10.8 Å². The standard InChI is InChI=1S/C22H18O3/c1-2-24-19-13-14-20(17-10-4-3-9-16(17)19)25-21-12-6-8-15-7-5-11-18(23)22(15)21/h3-14,23H,2H2,1H3. The number of rotatable bonds is 4. The molecule has 0 saturated heterocycles. The Hall–Kier alpha value is -3.20. The van der Waals surface area contributed by atoms with E-state index in [0.717, 1.165) is 27.7 Å². The van der Waals surface area contributed by atoms with E-state index in [1.165, 1.54) is 0 Å². The van der Waals surface area contributed by atoms with Crippen LogP contribution in [0.5, 0.6) is 23.0 Å². The van der Waals surface area contributed by atoms with Crippen LogP contribution in [0.1, 0.15) is 6.92 Å². The van der Waals surface area contributed by atoms with E-state index >= 15 is 0 Å². The maximum atomic E-state index is 10.3. The van der Waals surface area contributed by atoms with Crippen molar-refractivity contribution in [1.29, 1.82) is 0 Å². The molecule has 0 aliphatic rings. The minimum absolute atomic E-state index is 0.211. The van der Waals surface area contributed by atoms with Gasteiger partial charge < -0.3 is 14.6 Å². The zero-order valence-electron chi connectivity index (χ0n) is 13.9. The van der Waals surface area contributed by atoms with E-state index in [2.05, 4.69) is 0 Å². The number of hydrogen-bond acceptors (Lipinski definition) is 3. The molecule has 0 aliphatic carbocycles. The molecule has 4 aromatic rings. The van der Waals surface area contributed by atoms with Crippen molar-refractivity contribution in [3.63, 3.8) is 0 Å². The first-order chi connectivity index (χ1) is 12.3. The Balaban J connectivity index is 1.86. The fourth-order valence-electron chi connectivity index (χ4n) is 3.11. The van der Waals surface area contributed by atoms with Gasteiger partial charge in [-0.05, 0) is 36.6 Å². The molecule has 3 heteroatoms. The van der Waals surface area contributed by atoms with Crippen LogP contribution in [0.3, 0.4) is 0 Å². The lowest BCUT2D eigenvalue weighted by Gasteiger charge is -2.14. The quantitative estimate of drug-likeness (QED) is 0.507. The third-order valence-electron chi connectivity index (χ3n) is 4.21. The Morgan fingerprint density at radius 3 is 2.16 bits per heavy atom. The van der Waals surface area contributed by atoms with Crippen LogP contribution in [-0.4, -0.2) is 11.7 Å². The number of fused-ring (bicyclic) bond motifs is 2. The number of ether oxygens (including phenoxy) is 2. The van der Waals surface area contributed by atoms with Crippen molar-refractivity contribution < 1.29 is 14.6 Å². The van der Waals surface area contributed by atoms with Crippen molar-refractivity contribution in [2.45, 2.75) is 6.92 Å². The van der Waals surface area contributed by atoms with Gasteiger partial charge in [-0.2, -0.15) is 0 Å². The lowest BCUT2D eigenvalue weighted by atomic mass is 10.1. The largest absolute Gasteiger partial charge is 0.507 e. The Bertz CT molecular complexity index is 1050. The monoisotopic (exact) mass is 330 g/mol. The molecule has 0 amide bonds. The number of aromatic hydroxyl groups is 1. The molecule has 4 aromatic carbocycles. The van der Waals surface area contributed by atoms with Gasteiger partial charge >= 0.3 is 0 Å². The summed E-state index contributed by atoms with van der Waals surface area (Å²) in [4.78, 5) is 0. The van der Waals surface area contributed by atoms with Gasteiger partial charge in [0.25, 0.3) is 0 Å². The fraction of sp³-hybridized carbons (Fsp3) is 0.0909. The molecule has 0 aromatic heterocycles. The summed E-state index contributed by atoms with van der Waals surface area (Å²) in [6.45, 7) is 2.58. The molecule has 0 fully saturated rings. The normalized spacial score (nSPS) is 10.9. The molecule has 4 rings (SSSR count). The zero-order chi connectivity index (χ0) is 17.2. The first-order valence-electron chi connectivity index (χ1n) is 8.31. The van der Waals surface area contributed by atoms with Crippen LogP contribution in [-0.2, 0) is 0 Å². The van der Waals surface area contributed by atoms with Crippen LogP contribution in [0.4, 0.5) is 0 Å². The van der Waals surface area contributed by atoms with Gasteiger partial charge in [0.15, 0.2) is 0 Å². The van der Waals surface area contributed by atoms with E-state index in [-0.39, 0.29) is 5.75 Å². The topological polar surface area (TPSA) is 38.7 Å². The van der Waals surface area contributed by atoms with Crippen LogP contribution in [0.25, 0.3) is 21.5 Å². The number of phenolic OH excluding ortho intramolecular Hbond substituents is 1. The van der Waals surface area contributed by atoms with Crippen molar-refractivity contribution in [3.8, 4) is 23.0 Å².